The number of nitrogens with one attached hydrogen (secondary N) is 2. The van der Waals surface area contributed by atoms with Crippen molar-refractivity contribution in [2.24, 2.45) is 4.99 Å². The highest BCUT2D eigenvalue weighted by atomic mass is 127. The first kappa shape index (κ1) is 25.9. The Morgan fingerprint density at radius 3 is 2.59 bits per heavy atom. The molecule has 1 atom stereocenters. The molecule has 0 aromatic heterocycles. The Labute approximate surface area is 208 Å². The van der Waals surface area contributed by atoms with Crippen molar-refractivity contribution in [1.82, 2.24) is 10.6 Å². The number of para-hydroxylation sites is 2. The van der Waals surface area contributed by atoms with Gasteiger partial charge in [-0.2, -0.15) is 0 Å². The molecular formula is C24H35IN4O3. The molecule has 1 fully saturated rings. The first-order valence-corrected chi connectivity index (χ1v) is 10.8. The molecule has 0 bridgehead atoms. The molecule has 0 saturated carbocycles. The van der Waals surface area contributed by atoms with Gasteiger partial charge in [-0.05, 0) is 49.6 Å². The van der Waals surface area contributed by atoms with Gasteiger partial charge in [-0.25, -0.2) is 0 Å². The number of rotatable bonds is 8. The minimum atomic E-state index is 0. The van der Waals surface area contributed by atoms with Crippen molar-refractivity contribution in [3.8, 4) is 17.2 Å². The fourth-order valence-electron chi connectivity index (χ4n) is 3.88. The van der Waals surface area contributed by atoms with Crippen molar-refractivity contribution < 1.29 is 14.2 Å². The van der Waals surface area contributed by atoms with E-state index in [2.05, 4.69) is 32.7 Å². The van der Waals surface area contributed by atoms with Gasteiger partial charge in [0.15, 0.2) is 17.5 Å². The number of ether oxygens (including phenoxy) is 3. The summed E-state index contributed by atoms with van der Waals surface area (Å²) in [6.07, 6.45) is 2.21. The lowest BCUT2D eigenvalue weighted by Gasteiger charge is -2.36. The van der Waals surface area contributed by atoms with E-state index in [9.17, 15) is 0 Å². The van der Waals surface area contributed by atoms with Crippen molar-refractivity contribution in [1.29, 1.82) is 0 Å². The van der Waals surface area contributed by atoms with Crippen LogP contribution in [0.15, 0.2) is 47.5 Å². The number of guanidine groups is 1. The average molecular weight is 554 g/mol. The number of halogens is 1. The molecule has 3 rings (SSSR count). The molecule has 2 aromatic rings. The van der Waals surface area contributed by atoms with Gasteiger partial charge in [-0.1, -0.05) is 18.2 Å². The van der Waals surface area contributed by atoms with Crippen molar-refractivity contribution in [2.75, 3.05) is 45.9 Å². The number of anilines is 1. The zero-order valence-corrected chi connectivity index (χ0v) is 21.7. The van der Waals surface area contributed by atoms with Crippen LogP contribution in [0.5, 0.6) is 17.2 Å². The second-order valence-electron chi connectivity index (χ2n) is 7.45. The van der Waals surface area contributed by atoms with Crippen LogP contribution in [-0.4, -0.2) is 53.0 Å². The molecule has 0 aliphatic carbocycles. The molecule has 1 saturated heterocycles. The van der Waals surface area contributed by atoms with Crippen LogP contribution in [0.1, 0.15) is 25.3 Å². The Bertz CT molecular complexity index is 878. The highest BCUT2D eigenvalue weighted by molar-refractivity contribution is 14.0. The zero-order valence-electron chi connectivity index (χ0n) is 19.4. The molecule has 2 aromatic carbocycles. The van der Waals surface area contributed by atoms with Gasteiger partial charge >= 0.3 is 0 Å². The van der Waals surface area contributed by atoms with E-state index in [1.807, 2.05) is 37.3 Å². The van der Waals surface area contributed by atoms with E-state index in [-0.39, 0.29) is 24.0 Å². The zero-order chi connectivity index (χ0) is 22.1. The number of hydrogen-bond acceptors (Lipinski definition) is 5. The molecule has 1 aliphatic rings. The molecule has 8 heteroatoms. The van der Waals surface area contributed by atoms with Crippen molar-refractivity contribution in [3.05, 3.63) is 48.0 Å². The predicted octanol–water partition coefficient (Wildman–Crippen LogP) is 4.05. The molecule has 1 unspecified atom stereocenters. The van der Waals surface area contributed by atoms with Gasteiger partial charge in [0.1, 0.15) is 5.75 Å². The molecule has 176 valence electrons. The Morgan fingerprint density at radius 2 is 1.88 bits per heavy atom. The maximum absolute atomic E-state index is 5.68. The summed E-state index contributed by atoms with van der Waals surface area (Å²) < 4.78 is 16.6. The lowest BCUT2D eigenvalue weighted by atomic mass is 10.0. The van der Waals surface area contributed by atoms with E-state index in [0.29, 0.717) is 19.2 Å². The van der Waals surface area contributed by atoms with E-state index < -0.39 is 0 Å². The fourth-order valence-corrected chi connectivity index (χ4v) is 3.88. The Kier molecular flexibility index (Phi) is 10.7. The highest BCUT2D eigenvalue weighted by Crippen LogP contribution is 2.30. The number of piperidine rings is 1. The Hall–Kier alpha value is -2.36. The van der Waals surface area contributed by atoms with E-state index >= 15 is 0 Å². The summed E-state index contributed by atoms with van der Waals surface area (Å²) in [6, 6.07) is 14.5. The minimum absolute atomic E-state index is 0. The standard InChI is InChI=1S/C24H34N4O3.HI/c1-5-31-23-15-18(12-13-22(23)30-4)16-26-24(25-2)27-19-9-8-14-28(17-19)20-10-6-7-11-21(20)29-3;/h6-7,10-13,15,19H,5,8-9,14,16-17H2,1-4H3,(H2,25,26,27);1H. The van der Waals surface area contributed by atoms with Crippen LogP contribution in [0.3, 0.4) is 0 Å². The quantitative estimate of drug-likeness (QED) is 0.292. The number of nitrogens with zero attached hydrogens (tertiary/aromatic N) is 2. The summed E-state index contributed by atoms with van der Waals surface area (Å²) in [5, 5.41) is 6.99. The van der Waals surface area contributed by atoms with Gasteiger partial charge in [0.05, 0.1) is 26.5 Å². The Balaban J connectivity index is 0.00000363. The van der Waals surface area contributed by atoms with Crippen LogP contribution in [0, 0.1) is 0 Å². The van der Waals surface area contributed by atoms with Crippen LogP contribution in [0.25, 0.3) is 0 Å². The summed E-state index contributed by atoms with van der Waals surface area (Å²) in [7, 11) is 5.18. The second kappa shape index (κ2) is 13.2. The van der Waals surface area contributed by atoms with Crippen LogP contribution in [0.2, 0.25) is 0 Å². The van der Waals surface area contributed by atoms with E-state index in [1.165, 1.54) is 0 Å². The smallest absolute Gasteiger partial charge is 0.191 e. The largest absolute Gasteiger partial charge is 0.495 e. The number of aliphatic imine (C=N–C) groups is 1. The molecule has 0 amide bonds. The normalized spacial score (nSPS) is 16.1. The molecule has 2 N–H and O–H groups in total. The van der Waals surface area contributed by atoms with Crippen LogP contribution in [-0.2, 0) is 6.54 Å². The predicted molar refractivity (Wildman–Crippen MR) is 141 cm³/mol. The monoisotopic (exact) mass is 554 g/mol. The number of hydrogen-bond donors (Lipinski definition) is 2. The molecule has 1 heterocycles. The number of benzene rings is 2. The lowest BCUT2D eigenvalue weighted by molar-refractivity contribution is 0.310. The first-order chi connectivity index (χ1) is 15.2. The van der Waals surface area contributed by atoms with Crippen LogP contribution >= 0.6 is 24.0 Å². The van der Waals surface area contributed by atoms with Crippen LogP contribution < -0.4 is 29.7 Å². The van der Waals surface area contributed by atoms with Crippen molar-refractivity contribution in [2.45, 2.75) is 32.4 Å². The minimum Gasteiger partial charge on any atom is -0.495 e. The fraction of sp³-hybridized carbons (Fsp3) is 0.458. The van der Waals surface area contributed by atoms with Gasteiger partial charge < -0.3 is 29.7 Å². The SMILES string of the molecule is CCOc1cc(CNC(=NC)NC2CCCN(c3ccccc3OC)C2)ccc1OC.I. The third-order valence-electron chi connectivity index (χ3n) is 5.40. The van der Waals surface area contributed by atoms with Gasteiger partial charge in [0, 0.05) is 32.7 Å². The molecular weight excluding hydrogens is 519 g/mol. The maximum atomic E-state index is 5.68. The summed E-state index contributed by atoms with van der Waals surface area (Å²) in [5.41, 5.74) is 2.24. The molecule has 32 heavy (non-hydrogen) atoms. The summed E-state index contributed by atoms with van der Waals surface area (Å²) >= 11 is 0. The molecule has 7 nitrogen and oxygen atoms in total. The van der Waals surface area contributed by atoms with Gasteiger partial charge in [0.25, 0.3) is 0 Å². The third kappa shape index (κ3) is 6.82. The van der Waals surface area contributed by atoms with Crippen molar-refractivity contribution in [3.63, 3.8) is 0 Å². The summed E-state index contributed by atoms with van der Waals surface area (Å²) in [6.45, 7) is 5.14. The van der Waals surface area contributed by atoms with E-state index in [4.69, 9.17) is 14.2 Å². The second-order valence-corrected chi connectivity index (χ2v) is 7.45. The lowest BCUT2D eigenvalue weighted by Crippen LogP contribution is -2.51. The number of methoxy groups -OCH3 is 2. The topological polar surface area (TPSA) is 67.4 Å². The Morgan fingerprint density at radius 1 is 1.09 bits per heavy atom. The average Bonchev–Trinajstić information content (AvgIpc) is 2.82. The van der Waals surface area contributed by atoms with Gasteiger partial charge in [-0.3, -0.25) is 4.99 Å². The van der Waals surface area contributed by atoms with E-state index in [0.717, 1.165) is 60.4 Å². The maximum Gasteiger partial charge on any atom is 0.191 e. The third-order valence-corrected chi connectivity index (χ3v) is 5.40. The summed E-state index contributed by atoms with van der Waals surface area (Å²) in [4.78, 5) is 6.80. The molecule has 1 aliphatic heterocycles. The van der Waals surface area contributed by atoms with Gasteiger partial charge in [-0.15, -0.1) is 24.0 Å². The first-order valence-electron chi connectivity index (χ1n) is 10.8. The molecule has 0 radical (unpaired) electrons. The molecule has 0 spiro atoms. The van der Waals surface area contributed by atoms with Crippen LogP contribution in [0.4, 0.5) is 5.69 Å². The highest BCUT2D eigenvalue weighted by Gasteiger charge is 2.22. The van der Waals surface area contributed by atoms with Gasteiger partial charge in [0.2, 0.25) is 0 Å². The summed E-state index contributed by atoms with van der Waals surface area (Å²) in [5.74, 6) is 3.20. The van der Waals surface area contributed by atoms with Crippen molar-refractivity contribution >= 4 is 35.6 Å². The van der Waals surface area contributed by atoms with E-state index in [1.54, 1.807) is 21.3 Å².